The average Bonchev–Trinajstić information content (AvgIpc) is 3.31. The highest BCUT2D eigenvalue weighted by molar-refractivity contribution is 6.41. The van der Waals surface area contributed by atoms with E-state index < -0.39 is 18.6 Å². The summed E-state index contributed by atoms with van der Waals surface area (Å²) < 4.78 is 11.4. The number of benzene rings is 3. The first-order chi connectivity index (χ1) is 17.5. The molecular weight excluding hydrogens is 459 g/mol. The van der Waals surface area contributed by atoms with Crippen molar-refractivity contribution < 1.29 is 29.2 Å². The molecule has 0 spiro atoms. The van der Waals surface area contributed by atoms with Crippen molar-refractivity contribution in [1.82, 2.24) is 5.32 Å². The zero-order valence-corrected chi connectivity index (χ0v) is 20.1. The van der Waals surface area contributed by atoms with Crippen LogP contribution in [-0.2, 0) is 27.4 Å². The van der Waals surface area contributed by atoms with Crippen LogP contribution in [0.25, 0.3) is 11.1 Å². The molecule has 0 aromatic heterocycles. The molecule has 1 aliphatic heterocycles. The second-order valence-corrected chi connectivity index (χ2v) is 8.67. The predicted molar refractivity (Wildman–Crippen MR) is 137 cm³/mol. The number of methoxy groups -OCH3 is 1. The summed E-state index contributed by atoms with van der Waals surface area (Å²) in [6.07, 6.45) is 0.221. The van der Waals surface area contributed by atoms with E-state index in [1.165, 1.54) is 0 Å². The predicted octanol–water partition coefficient (Wildman–Crippen LogP) is 2.76. The lowest BCUT2D eigenvalue weighted by Gasteiger charge is -2.25. The van der Waals surface area contributed by atoms with Crippen molar-refractivity contribution in [3.63, 3.8) is 0 Å². The number of hydrogen-bond donors (Lipinski definition) is 3. The van der Waals surface area contributed by atoms with E-state index in [9.17, 15) is 4.79 Å². The van der Waals surface area contributed by atoms with Crippen molar-refractivity contribution in [2.24, 2.45) is 5.16 Å². The Balaban J connectivity index is 1.39. The summed E-state index contributed by atoms with van der Waals surface area (Å²) in [6.45, 7) is 0.557. The Hall–Kier alpha value is -3.66. The van der Waals surface area contributed by atoms with Crippen LogP contribution in [0, 0.1) is 0 Å². The fourth-order valence-corrected chi connectivity index (χ4v) is 4.19. The molecule has 3 aromatic carbocycles. The number of hydrogen-bond acceptors (Lipinski definition) is 7. The van der Waals surface area contributed by atoms with Crippen LogP contribution in [0.3, 0.4) is 0 Å². The number of nitrogens with zero attached hydrogens (tertiary/aromatic N) is 1. The lowest BCUT2D eigenvalue weighted by atomic mass is 9.87. The summed E-state index contributed by atoms with van der Waals surface area (Å²) in [5.41, 5.74) is 3.25. The van der Waals surface area contributed by atoms with Crippen molar-refractivity contribution in [2.75, 3.05) is 20.2 Å². The van der Waals surface area contributed by atoms with Crippen LogP contribution >= 0.6 is 0 Å². The Morgan fingerprint density at radius 3 is 2.56 bits per heavy atom. The first-order valence-electron chi connectivity index (χ1n) is 11.7. The zero-order chi connectivity index (χ0) is 25.4. The van der Waals surface area contributed by atoms with Crippen molar-refractivity contribution in [3.05, 3.63) is 90.0 Å². The molecule has 0 saturated carbocycles. The highest BCUT2D eigenvalue weighted by atomic mass is 16.7. The average molecular weight is 488 g/mol. The number of nitrogens with one attached hydrogen (secondary N) is 1. The number of carbonyl (C=O) groups excluding carboxylic acids is 1. The highest BCUT2D eigenvalue weighted by Crippen LogP contribution is 2.31. The summed E-state index contributed by atoms with van der Waals surface area (Å²) in [6, 6.07) is 25.4. The Kier molecular flexibility index (Phi) is 8.38. The van der Waals surface area contributed by atoms with E-state index in [-0.39, 0.29) is 25.9 Å². The lowest BCUT2D eigenvalue weighted by Crippen LogP contribution is -2.51. The van der Waals surface area contributed by atoms with E-state index in [0.29, 0.717) is 12.3 Å². The summed E-state index contributed by atoms with van der Waals surface area (Å²) >= 11 is 0. The van der Waals surface area contributed by atoms with Gasteiger partial charge in [-0.2, -0.15) is 0 Å². The van der Waals surface area contributed by atoms with Gasteiger partial charge in [0, 0.05) is 18.4 Å². The van der Waals surface area contributed by atoms with Crippen molar-refractivity contribution >= 4 is 18.7 Å². The fourth-order valence-electron chi connectivity index (χ4n) is 4.19. The largest absolute Gasteiger partial charge is 0.496 e. The van der Waals surface area contributed by atoms with Crippen LogP contribution in [0.1, 0.15) is 17.5 Å². The number of rotatable bonds is 11. The van der Waals surface area contributed by atoms with Crippen LogP contribution in [0.5, 0.6) is 5.75 Å². The Bertz CT molecular complexity index is 1200. The van der Waals surface area contributed by atoms with Gasteiger partial charge in [0.25, 0.3) is 5.91 Å². The molecular formula is C27H29BN2O6. The number of amides is 1. The smallest absolute Gasteiger partial charge is 0.472 e. The Morgan fingerprint density at radius 1 is 1.03 bits per heavy atom. The molecule has 1 aliphatic rings. The van der Waals surface area contributed by atoms with E-state index in [4.69, 9.17) is 24.4 Å². The third-order valence-corrected chi connectivity index (χ3v) is 5.91. The zero-order valence-electron chi connectivity index (χ0n) is 20.1. The molecule has 1 atom stereocenters. The number of oxime groups is 1. The van der Waals surface area contributed by atoms with Gasteiger partial charge in [-0.05, 0) is 28.8 Å². The molecule has 0 saturated heterocycles. The molecule has 1 amide bonds. The molecule has 1 unspecified atom stereocenters. The SMILES string of the molecule is COc1ccccc1-c1cccc(COCC2=NOC(Cc3ccccc3)(C(=O)NCB(O)O)C2)c1. The van der Waals surface area contributed by atoms with Gasteiger partial charge in [-0.1, -0.05) is 71.9 Å². The lowest BCUT2D eigenvalue weighted by molar-refractivity contribution is -0.143. The minimum atomic E-state index is -1.65. The Morgan fingerprint density at radius 2 is 1.78 bits per heavy atom. The van der Waals surface area contributed by atoms with Crippen LogP contribution < -0.4 is 10.1 Å². The quantitative estimate of drug-likeness (QED) is 0.358. The molecule has 8 nitrogen and oxygen atoms in total. The fraction of sp³-hybridized carbons (Fsp3) is 0.259. The van der Waals surface area contributed by atoms with Crippen molar-refractivity contribution in [2.45, 2.75) is 25.0 Å². The molecule has 9 heteroatoms. The van der Waals surface area contributed by atoms with E-state index >= 15 is 0 Å². The van der Waals surface area contributed by atoms with Crippen LogP contribution in [0.4, 0.5) is 0 Å². The minimum absolute atomic E-state index is 0.200. The molecule has 3 N–H and O–H groups in total. The second-order valence-electron chi connectivity index (χ2n) is 8.67. The van der Waals surface area contributed by atoms with Gasteiger partial charge in [-0.15, -0.1) is 0 Å². The first-order valence-corrected chi connectivity index (χ1v) is 11.7. The number of ether oxygens (including phenoxy) is 2. The maximum atomic E-state index is 13.0. The topological polar surface area (TPSA) is 110 Å². The second kappa shape index (κ2) is 11.9. The molecule has 0 aliphatic carbocycles. The molecule has 0 radical (unpaired) electrons. The Labute approximate surface area is 210 Å². The maximum Gasteiger partial charge on any atom is 0.472 e. The van der Waals surface area contributed by atoms with Crippen LogP contribution in [0.2, 0.25) is 0 Å². The normalized spacial score (nSPS) is 16.7. The number of para-hydroxylation sites is 1. The molecule has 4 rings (SSSR count). The van der Waals surface area contributed by atoms with E-state index in [1.54, 1.807) is 7.11 Å². The summed E-state index contributed by atoms with van der Waals surface area (Å²) in [5, 5.41) is 25.0. The first kappa shape index (κ1) is 25.4. The summed E-state index contributed by atoms with van der Waals surface area (Å²) in [4.78, 5) is 18.6. The molecule has 1 heterocycles. The van der Waals surface area contributed by atoms with Crippen LogP contribution in [0.15, 0.2) is 84.0 Å². The van der Waals surface area contributed by atoms with E-state index in [2.05, 4.69) is 16.5 Å². The van der Waals surface area contributed by atoms with Gasteiger partial charge in [0.2, 0.25) is 5.60 Å². The summed E-state index contributed by atoms with van der Waals surface area (Å²) in [5.74, 6) is 0.345. The van der Waals surface area contributed by atoms with Gasteiger partial charge < -0.3 is 29.7 Å². The third kappa shape index (κ3) is 6.31. The monoisotopic (exact) mass is 488 g/mol. The van der Waals surface area contributed by atoms with Gasteiger partial charge in [0.15, 0.2) is 0 Å². The molecule has 0 fully saturated rings. The van der Waals surface area contributed by atoms with Gasteiger partial charge >= 0.3 is 7.12 Å². The van der Waals surface area contributed by atoms with Gasteiger partial charge in [0.1, 0.15) is 5.75 Å². The molecule has 36 heavy (non-hydrogen) atoms. The minimum Gasteiger partial charge on any atom is -0.496 e. The third-order valence-electron chi connectivity index (χ3n) is 5.91. The summed E-state index contributed by atoms with van der Waals surface area (Å²) in [7, 11) is -0.000268. The van der Waals surface area contributed by atoms with Gasteiger partial charge in [-0.25, -0.2) is 0 Å². The maximum absolute atomic E-state index is 13.0. The van der Waals surface area contributed by atoms with Crippen molar-refractivity contribution in [3.8, 4) is 16.9 Å². The molecule has 3 aromatic rings. The molecule has 0 bridgehead atoms. The van der Waals surface area contributed by atoms with Crippen molar-refractivity contribution in [1.29, 1.82) is 0 Å². The highest BCUT2D eigenvalue weighted by Gasteiger charge is 2.46. The van der Waals surface area contributed by atoms with E-state index in [0.717, 1.165) is 28.0 Å². The van der Waals surface area contributed by atoms with Crippen LogP contribution in [-0.4, -0.2) is 54.5 Å². The van der Waals surface area contributed by atoms with Gasteiger partial charge in [-0.3, -0.25) is 4.79 Å². The van der Waals surface area contributed by atoms with Gasteiger partial charge in [0.05, 0.1) is 32.5 Å². The standard InChI is InChI=1S/C27H29BN2O6/c1-34-25-13-6-5-12-24(25)22-11-7-10-21(14-22)17-35-18-23-16-27(36-30-23,26(31)29-19-28(32)33)15-20-8-3-2-4-9-20/h2-14,32-33H,15-19H2,1H3,(H,29,31). The molecule has 186 valence electrons. The number of carbonyl (C=O) groups is 1. The van der Waals surface area contributed by atoms with E-state index in [1.807, 2.05) is 72.8 Å².